The summed E-state index contributed by atoms with van der Waals surface area (Å²) in [5.74, 6) is 0.859. The van der Waals surface area contributed by atoms with Crippen molar-refractivity contribution in [3.8, 4) is 0 Å². The molecule has 0 amide bonds. The zero-order chi connectivity index (χ0) is 13.9. The Kier molecular flexibility index (Phi) is 5.09. The summed E-state index contributed by atoms with van der Waals surface area (Å²) in [5.41, 5.74) is 0.0226. The predicted octanol–water partition coefficient (Wildman–Crippen LogP) is 4.65. The van der Waals surface area contributed by atoms with E-state index >= 15 is 0 Å². The van der Waals surface area contributed by atoms with E-state index in [9.17, 15) is 0 Å². The normalized spacial score (nSPS) is 22.2. The molecule has 0 bridgehead atoms. The first-order chi connectivity index (χ1) is 9.08. The Labute approximate surface area is 128 Å². The van der Waals surface area contributed by atoms with Gasteiger partial charge in [0.1, 0.15) is 5.82 Å². The van der Waals surface area contributed by atoms with Gasteiger partial charge in [0.15, 0.2) is 0 Å². The summed E-state index contributed by atoms with van der Waals surface area (Å²) in [4.78, 5) is 4.34. The van der Waals surface area contributed by atoms with Crippen molar-refractivity contribution in [1.82, 2.24) is 4.98 Å². The quantitative estimate of drug-likeness (QED) is 0.861. The van der Waals surface area contributed by atoms with Crippen molar-refractivity contribution in [2.24, 2.45) is 0 Å². The van der Waals surface area contributed by atoms with E-state index in [1.807, 2.05) is 6.07 Å². The summed E-state index contributed by atoms with van der Waals surface area (Å²) >= 11 is 9.41. The van der Waals surface area contributed by atoms with E-state index in [4.69, 9.17) is 16.3 Å². The maximum atomic E-state index is 5.99. The molecule has 1 aromatic heterocycles. The first kappa shape index (κ1) is 15.1. The number of hydrogen-bond donors (Lipinski definition) is 1. The highest BCUT2D eigenvalue weighted by molar-refractivity contribution is 9.10. The average molecular weight is 348 g/mol. The molecule has 1 atom stereocenters. The molecule has 106 valence electrons. The van der Waals surface area contributed by atoms with Crippen LogP contribution in [0.2, 0.25) is 5.02 Å². The molecule has 2 heterocycles. The molecule has 1 fully saturated rings. The minimum Gasteiger partial charge on any atom is -0.375 e. The van der Waals surface area contributed by atoms with Crippen molar-refractivity contribution in [2.75, 3.05) is 11.9 Å². The van der Waals surface area contributed by atoms with Crippen LogP contribution in [-0.2, 0) is 4.74 Å². The molecule has 3 nitrogen and oxygen atoms in total. The Morgan fingerprint density at radius 3 is 2.89 bits per heavy atom. The molecular formula is C14H20BrClN2O. The number of ether oxygens (including phenoxy) is 1. The maximum Gasteiger partial charge on any atom is 0.140 e. The molecule has 1 unspecified atom stereocenters. The van der Waals surface area contributed by atoms with Gasteiger partial charge in [-0.1, -0.05) is 25.4 Å². The third-order valence-corrected chi connectivity index (χ3v) is 4.74. The SMILES string of the molecule is CCC1(CC)CC(Nc2ncc(Cl)cc2Br)CCO1. The van der Waals surface area contributed by atoms with Crippen molar-refractivity contribution < 1.29 is 4.74 Å². The van der Waals surface area contributed by atoms with Gasteiger partial charge in [-0.25, -0.2) is 4.98 Å². The van der Waals surface area contributed by atoms with E-state index in [1.165, 1.54) is 0 Å². The van der Waals surface area contributed by atoms with Gasteiger partial charge in [0.05, 0.1) is 15.1 Å². The third-order valence-electron chi connectivity index (χ3n) is 3.93. The Morgan fingerprint density at radius 1 is 1.53 bits per heavy atom. The minimum atomic E-state index is 0.0226. The molecule has 1 N–H and O–H groups in total. The van der Waals surface area contributed by atoms with Crippen LogP contribution >= 0.6 is 27.5 Å². The fraction of sp³-hybridized carbons (Fsp3) is 0.643. The summed E-state index contributed by atoms with van der Waals surface area (Å²) in [6.45, 7) is 5.20. The lowest BCUT2D eigenvalue weighted by molar-refractivity contribution is -0.0864. The first-order valence-electron chi connectivity index (χ1n) is 6.80. The monoisotopic (exact) mass is 346 g/mol. The van der Waals surface area contributed by atoms with Crippen LogP contribution in [0.1, 0.15) is 39.5 Å². The summed E-state index contributed by atoms with van der Waals surface area (Å²) in [6, 6.07) is 2.27. The van der Waals surface area contributed by atoms with E-state index in [1.54, 1.807) is 6.20 Å². The van der Waals surface area contributed by atoms with Gasteiger partial charge in [-0.05, 0) is 47.7 Å². The van der Waals surface area contributed by atoms with Crippen LogP contribution in [0.15, 0.2) is 16.7 Å². The molecule has 5 heteroatoms. The maximum absolute atomic E-state index is 5.99. The fourth-order valence-corrected chi connectivity index (χ4v) is 3.36. The largest absolute Gasteiger partial charge is 0.375 e. The molecule has 0 spiro atoms. The van der Waals surface area contributed by atoms with Crippen molar-refractivity contribution in [3.63, 3.8) is 0 Å². The van der Waals surface area contributed by atoms with E-state index in [0.717, 1.165) is 42.6 Å². The van der Waals surface area contributed by atoms with Crippen molar-refractivity contribution in [2.45, 2.75) is 51.2 Å². The number of rotatable bonds is 4. The van der Waals surface area contributed by atoms with Crippen LogP contribution in [0.4, 0.5) is 5.82 Å². The van der Waals surface area contributed by atoms with Gasteiger partial charge in [-0.3, -0.25) is 0 Å². The van der Waals surface area contributed by atoms with Gasteiger partial charge in [0, 0.05) is 18.8 Å². The first-order valence-corrected chi connectivity index (χ1v) is 7.97. The number of anilines is 1. The molecule has 19 heavy (non-hydrogen) atoms. The number of pyridine rings is 1. The van der Waals surface area contributed by atoms with Gasteiger partial charge < -0.3 is 10.1 Å². The van der Waals surface area contributed by atoms with Crippen molar-refractivity contribution in [3.05, 3.63) is 21.8 Å². The average Bonchev–Trinajstić information content (AvgIpc) is 2.42. The molecular weight excluding hydrogens is 328 g/mol. The molecule has 1 aliphatic heterocycles. The van der Waals surface area contributed by atoms with E-state index < -0.39 is 0 Å². The number of nitrogens with zero attached hydrogens (tertiary/aromatic N) is 1. The predicted molar refractivity (Wildman–Crippen MR) is 82.9 cm³/mol. The lowest BCUT2D eigenvalue weighted by Crippen LogP contribution is -2.43. The van der Waals surface area contributed by atoms with Gasteiger partial charge >= 0.3 is 0 Å². The highest BCUT2D eigenvalue weighted by atomic mass is 79.9. The molecule has 1 aromatic rings. The molecule has 0 aromatic carbocycles. The van der Waals surface area contributed by atoms with E-state index in [-0.39, 0.29) is 5.60 Å². The van der Waals surface area contributed by atoms with Crippen LogP contribution in [0.25, 0.3) is 0 Å². The van der Waals surface area contributed by atoms with Crippen LogP contribution in [-0.4, -0.2) is 23.2 Å². The lowest BCUT2D eigenvalue weighted by Gasteiger charge is -2.40. The zero-order valence-corrected chi connectivity index (χ0v) is 13.7. The smallest absolute Gasteiger partial charge is 0.140 e. The van der Waals surface area contributed by atoms with Crippen molar-refractivity contribution >= 4 is 33.3 Å². The Hall–Kier alpha value is -0.320. The van der Waals surface area contributed by atoms with Gasteiger partial charge in [0.2, 0.25) is 0 Å². The van der Waals surface area contributed by atoms with Gasteiger partial charge in [-0.2, -0.15) is 0 Å². The molecule has 0 aliphatic carbocycles. The van der Waals surface area contributed by atoms with Crippen LogP contribution in [0.3, 0.4) is 0 Å². The van der Waals surface area contributed by atoms with Gasteiger partial charge in [-0.15, -0.1) is 0 Å². The molecule has 2 rings (SSSR count). The second kappa shape index (κ2) is 6.42. The van der Waals surface area contributed by atoms with E-state index in [2.05, 4.69) is 40.1 Å². The summed E-state index contributed by atoms with van der Waals surface area (Å²) < 4.78 is 6.90. The molecule has 1 aliphatic rings. The van der Waals surface area contributed by atoms with E-state index in [0.29, 0.717) is 11.1 Å². The summed E-state index contributed by atoms with van der Waals surface area (Å²) in [6.07, 6.45) is 5.81. The molecule has 1 saturated heterocycles. The number of halogens is 2. The third kappa shape index (κ3) is 3.61. The Morgan fingerprint density at radius 2 is 2.26 bits per heavy atom. The zero-order valence-electron chi connectivity index (χ0n) is 11.4. The Bertz CT molecular complexity index is 437. The number of aromatic nitrogens is 1. The lowest BCUT2D eigenvalue weighted by atomic mass is 9.86. The standard InChI is InChI=1S/C14H20BrClN2O/c1-3-14(4-2)8-11(5-6-19-14)18-13-12(15)7-10(16)9-17-13/h7,9,11H,3-6,8H2,1-2H3,(H,17,18). The van der Waals surface area contributed by atoms with Crippen LogP contribution < -0.4 is 5.32 Å². The minimum absolute atomic E-state index is 0.0226. The fourth-order valence-electron chi connectivity index (χ4n) is 2.61. The summed E-state index contributed by atoms with van der Waals surface area (Å²) in [7, 11) is 0. The Balaban J connectivity index is 2.06. The molecule has 0 saturated carbocycles. The van der Waals surface area contributed by atoms with Crippen molar-refractivity contribution in [1.29, 1.82) is 0 Å². The van der Waals surface area contributed by atoms with Gasteiger partial charge in [0.25, 0.3) is 0 Å². The van der Waals surface area contributed by atoms with Crippen LogP contribution in [0, 0.1) is 0 Å². The summed E-state index contributed by atoms with van der Waals surface area (Å²) in [5, 5.41) is 4.14. The van der Waals surface area contributed by atoms with Crippen LogP contribution in [0.5, 0.6) is 0 Å². The molecule has 0 radical (unpaired) electrons. The number of hydrogen-bond acceptors (Lipinski definition) is 3. The number of nitrogens with one attached hydrogen (secondary N) is 1. The highest BCUT2D eigenvalue weighted by Crippen LogP contribution is 2.33. The second-order valence-electron chi connectivity index (χ2n) is 5.06. The topological polar surface area (TPSA) is 34.2 Å². The second-order valence-corrected chi connectivity index (χ2v) is 6.35. The highest BCUT2D eigenvalue weighted by Gasteiger charge is 2.34.